The first kappa shape index (κ1) is 14.1. The van der Waals surface area contributed by atoms with E-state index < -0.39 is 0 Å². The first-order chi connectivity index (χ1) is 10.3. The molecule has 1 saturated heterocycles. The second kappa shape index (κ2) is 6.72. The van der Waals surface area contributed by atoms with Crippen LogP contribution in [-0.2, 0) is 11.2 Å². The lowest BCUT2D eigenvalue weighted by molar-refractivity contribution is -0.121. The standard InChI is InChI=1S/C16H22N4O/c21-16(5-4-13-6-8-17-11-13)18-9-7-14-12-20-10-2-1-3-15(20)19-14/h1-3,10,12-13,17H,4-9,11H2,(H,18,21). The molecule has 1 amide bonds. The summed E-state index contributed by atoms with van der Waals surface area (Å²) in [5.74, 6) is 0.833. The van der Waals surface area contributed by atoms with Gasteiger partial charge in [-0.25, -0.2) is 4.98 Å². The van der Waals surface area contributed by atoms with Gasteiger partial charge in [-0.2, -0.15) is 0 Å². The molecule has 2 aromatic heterocycles. The fraction of sp³-hybridized carbons (Fsp3) is 0.500. The zero-order valence-electron chi connectivity index (χ0n) is 12.2. The Bertz CT molecular complexity index is 568. The molecule has 1 atom stereocenters. The topological polar surface area (TPSA) is 58.4 Å². The van der Waals surface area contributed by atoms with Crippen molar-refractivity contribution < 1.29 is 4.79 Å². The minimum Gasteiger partial charge on any atom is -0.356 e. The molecule has 5 nitrogen and oxygen atoms in total. The molecule has 1 aliphatic rings. The normalized spacial score (nSPS) is 18.2. The number of rotatable bonds is 6. The van der Waals surface area contributed by atoms with Gasteiger partial charge in [-0.05, 0) is 44.0 Å². The van der Waals surface area contributed by atoms with Crippen LogP contribution in [0.3, 0.4) is 0 Å². The lowest BCUT2D eigenvalue weighted by Gasteiger charge is -2.08. The van der Waals surface area contributed by atoms with Crippen LogP contribution in [0.5, 0.6) is 0 Å². The van der Waals surface area contributed by atoms with E-state index >= 15 is 0 Å². The summed E-state index contributed by atoms with van der Waals surface area (Å²) < 4.78 is 2.00. The number of carbonyl (C=O) groups excluding carboxylic acids is 1. The van der Waals surface area contributed by atoms with Crippen LogP contribution in [0.1, 0.15) is 25.0 Å². The fourth-order valence-corrected chi connectivity index (χ4v) is 2.82. The number of carbonyl (C=O) groups is 1. The number of amides is 1. The third kappa shape index (κ3) is 3.82. The number of nitrogens with one attached hydrogen (secondary N) is 2. The monoisotopic (exact) mass is 286 g/mol. The molecule has 0 spiro atoms. The molecule has 5 heteroatoms. The molecule has 2 aromatic rings. The van der Waals surface area contributed by atoms with E-state index in [4.69, 9.17) is 0 Å². The van der Waals surface area contributed by atoms with Crippen LogP contribution >= 0.6 is 0 Å². The van der Waals surface area contributed by atoms with Crippen LogP contribution < -0.4 is 10.6 Å². The van der Waals surface area contributed by atoms with Crippen molar-refractivity contribution in [2.75, 3.05) is 19.6 Å². The SMILES string of the molecule is O=C(CCC1CCNC1)NCCc1cn2ccccc2n1. The van der Waals surface area contributed by atoms with E-state index in [2.05, 4.69) is 15.6 Å². The predicted octanol–water partition coefficient (Wildman–Crippen LogP) is 1.38. The third-order valence-corrected chi connectivity index (χ3v) is 4.06. The van der Waals surface area contributed by atoms with Crippen LogP contribution in [-0.4, -0.2) is 34.9 Å². The van der Waals surface area contributed by atoms with Gasteiger partial charge in [0.2, 0.25) is 5.91 Å². The highest BCUT2D eigenvalue weighted by molar-refractivity contribution is 5.75. The summed E-state index contributed by atoms with van der Waals surface area (Å²) in [6.07, 6.45) is 7.61. The quantitative estimate of drug-likeness (QED) is 0.843. The maximum atomic E-state index is 11.8. The third-order valence-electron chi connectivity index (χ3n) is 4.06. The number of fused-ring (bicyclic) bond motifs is 1. The molecule has 0 aliphatic carbocycles. The molecular weight excluding hydrogens is 264 g/mol. The Morgan fingerprint density at radius 2 is 2.43 bits per heavy atom. The fourth-order valence-electron chi connectivity index (χ4n) is 2.82. The Balaban J connectivity index is 1.39. The highest BCUT2D eigenvalue weighted by Crippen LogP contribution is 2.13. The summed E-state index contributed by atoms with van der Waals surface area (Å²) in [6, 6.07) is 5.95. The molecule has 1 unspecified atom stereocenters. The zero-order valence-corrected chi connectivity index (χ0v) is 12.2. The van der Waals surface area contributed by atoms with Gasteiger partial charge in [-0.15, -0.1) is 0 Å². The lowest BCUT2D eigenvalue weighted by atomic mass is 10.0. The van der Waals surface area contributed by atoms with Crippen LogP contribution in [0.25, 0.3) is 5.65 Å². The predicted molar refractivity (Wildman–Crippen MR) is 82.1 cm³/mol. The van der Waals surface area contributed by atoms with Gasteiger partial charge in [-0.3, -0.25) is 4.79 Å². The van der Waals surface area contributed by atoms with Gasteiger partial charge in [0, 0.05) is 31.8 Å². The van der Waals surface area contributed by atoms with E-state index in [0.29, 0.717) is 18.9 Å². The molecule has 3 rings (SSSR count). The number of imidazole rings is 1. The average Bonchev–Trinajstić information content (AvgIpc) is 3.14. The van der Waals surface area contributed by atoms with E-state index in [-0.39, 0.29) is 5.91 Å². The van der Waals surface area contributed by atoms with Crippen molar-refractivity contribution in [3.8, 4) is 0 Å². The minimum atomic E-state index is 0.158. The van der Waals surface area contributed by atoms with Gasteiger partial charge in [0.1, 0.15) is 5.65 Å². The largest absolute Gasteiger partial charge is 0.356 e. The van der Waals surface area contributed by atoms with Crippen molar-refractivity contribution in [2.45, 2.75) is 25.7 Å². The van der Waals surface area contributed by atoms with E-state index in [0.717, 1.165) is 37.3 Å². The van der Waals surface area contributed by atoms with Crippen molar-refractivity contribution >= 4 is 11.6 Å². The van der Waals surface area contributed by atoms with Gasteiger partial charge < -0.3 is 15.0 Å². The summed E-state index contributed by atoms with van der Waals surface area (Å²) in [4.78, 5) is 16.3. The first-order valence-electron chi connectivity index (χ1n) is 7.71. The van der Waals surface area contributed by atoms with Crippen molar-refractivity contribution in [3.63, 3.8) is 0 Å². The first-order valence-corrected chi connectivity index (χ1v) is 7.71. The highest BCUT2D eigenvalue weighted by Gasteiger charge is 2.15. The number of hydrogen-bond acceptors (Lipinski definition) is 3. The molecule has 112 valence electrons. The Morgan fingerprint density at radius 1 is 1.48 bits per heavy atom. The maximum Gasteiger partial charge on any atom is 0.220 e. The Labute approximate surface area is 124 Å². The molecule has 21 heavy (non-hydrogen) atoms. The smallest absolute Gasteiger partial charge is 0.220 e. The average molecular weight is 286 g/mol. The molecule has 1 aliphatic heterocycles. The highest BCUT2D eigenvalue weighted by atomic mass is 16.1. The van der Waals surface area contributed by atoms with Gasteiger partial charge in [0.15, 0.2) is 0 Å². The molecule has 3 heterocycles. The molecule has 1 fully saturated rings. The van der Waals surface area contributed by atoms with Crippen molar-refractivity contribution in [1.29, 1.82) is 0 Å². The number of hydrogen-bond donors (Lipinski definition) is 2. The second-order valence-electron chi connectivity index (χ2n) is 5.70. The Morgan fingerprint density at radius 3 is 3.24 bits per heavy atom. The number of pyridine rings is 1. The van der Waals surface area contributed by atoms with Crippen LogP contribution in [0.15, 0.2) is 30.6 Å². The van der Waals surface area contributed by atoms with Gasteiger partial charge in [0.25, 0.3) is 0 Å². The van der Waals surface area contributed by atoms with E-state index in [1.807, 2.05) is 35.0 Å². The van der Waals surface area contributed by atoms with Crippen molar-refractivity contribution in [2.24, 2.45) is 5.92 Å². The number of nitrogens with zero attached hydrogens (tertiary/aromatic N) is 2. The molecule has 0 bridgehead atoms. The summed E-state index contributed by atoms with van der Waals surface area (Å²) in [5, 5.41) is 6.32. The Kier molecular flexibility index (Phi) is 4.50. The summed E-state index contributed by atoms with van der Waals surface area (Å²) >= 11 is 0. The van der Waals surface area contributed by atoms with Gasteiger partial charge in [-0.1, -0.05) is 6.07 Å². The minimum absolute atomic E-state index is 0.158. The van der Waals surface area contributed by atoms with E-state index in [1.165, 1.54) is 6.42 Å². The molecule has 0 saturated carbocycles. The summed E-state index contributed by atoms with van der Waals surface area (Å²) in [7, 11) is 0. The summed E-state index contributed by atoms with van der Waals surface area (Å²) in [6.45, 7) is 2.82. The Hall–Kier alpha value is -1.88. The molecule has 2 N–H and O–H groups in total. The van der Waals surface area contributed by atoms with Gasteiger partial charge >= 0.3 is 0 Å². The molecular formula is C16H22N4O. The van der Waals surface area contributed by atoms with E-state index in [9.17, 15) is 4.79 Å². The second-order valence-corrected chi connectivity index (χ2v) is 5.70. The van der Waals surface area contributed by atoms with Crippen LogP contribution in [0.2, 0.25) is 0 Å². The number of aromatic nitrogens is 2. The maximum absolute atomic E-state index is 11.8. The van der Waals surface area contributed by atoms with E-state index in [1.54, 1.807) is 0 Å². The van der Waals surface area contributed by atoms with Crippen LogP contribution in [0.4, 0.5) is 0 Å². The molecule has 0 radical (unpaired) electrons. The summed E-state index contributed by atoms with van der Waals surface area (Å²) in [5.41, 5.74) is 1.97. The zero-order chi connectivity index (χ0) is 14.5. The lowest BCUT2D eigenvalue weighted by Crippen LogP contribution is -2.26. The van der Waals surface area contributed by atoms with Gasteiger partial charge in [0.05, 0.1) is 5.69 Å². The van der Waals surface area contributed by atoms with Crippen LogP contribution in [0, 0.1) is 5.92 Å². The van der Waals surface area contributed by atoms with Crippen molar-refractivity contribution in [1.82, 2.24) is 20.0 Å². The molecule has 0 aromatic carbocycles. The van der Waals surface area contributed by atoms with Crippen molar-refractivity contribution in [3.05, 3.63) is 36.3 Å².